The predicted molar refractivity (Wildman–Crippen MR) is 177 cm³/mol. The third kappa shape index (κ3) is 5.45. The Morgan fingerprint density at radius 1 is 0.938 bits per heavy atom. The number of hydrogen-bond acceptors (Lipinski definition) is 8. The van der Waals surface area contributed by atoms with Gasteiger partial charge in [-0.25, -0.2) is 9.18 Å². The number of hydrogen-bond donors (Lipinski definition) is 1. The van der Waals surface area contributed by atoms with E-state index < -0.39 is 23.5 Å². The molecule has 2 bridgehead atoms. The van der Waals surface area contributed by atoms with Crippen molar-refractivity contribution in [3.63, 3.8) is 0 Å². The van der Waals surface area contributed by atoms with Gasteiger partial charge in [-0.15, -0.1) is 0 Å². The molecule has 2 atom stereocenters. The van der Waals surface area contributed by atoms with E-state index in [0.29, 0.717) is 62.1 Å². The minimum Gasteiger partial charge on any atom is -0.478 e. The minimum atomic E-state index is -1.19. The van der Waals surface area contributed by atoms with Gasteiger partial charge in [0.05, 0.1) is 85.0 Å². The van der Waals surface area contributed by atoms with E-state index in [1.165, 1.54) is 4.90 Å². The number of para-hydroxylation sites is 1. The first-order valence-corrected chi connectivity index (χ1v) is 17.0. The van der Waals surface area contributed by atoms with E-state index in [-0.39, 0.29) is 52.1 Å². The fraction of sp³-hybridized carbons (Fsp3) is 0.429. The second kappa shape index (κ2) is 12.4. The van der Waals surface area contributed by atoms with Crippen LogP contribution in [0.2, 0.25) is 10.0 Å². The molecule has 1 N–H and O–H groups in total. The van der Waals surface area contributed by atoms with Crippen molar-refractivity contribution in [2.45, 2.75) is 50.1 Å². The predicted octanol–water partition coefficient (Wildman–Crippen LogP) is 6.20. The minimum absolute atomic E-state index is 0.0282. The van der Waals surface area contributed by atoms with Crippen LogP contribution < -0.4 is 14.5 Å². The van der Waals surface area contributed by atoms with E-state index in [4.69, 9.17) is 42.1 Å². The van der Waals surface area contributed by atoms with Crippen molar-refractivity contribution in [2.24, 2.45) is 0 Å². The number of rotatable bonds is 5. The topological polar surface area (TPSA) is 101 Å². The Balaban J connectivity index is 1.04. The second-order valence-corrected chi connectivity index (χ2v) is 13.8. The number of nitrogens with zero attached hydrogens (tertiary/aromatic N) is 3. The lowest BCUT2D eigenvalue weighted by Gasteiger charge is -2.49. The first-order valence-electron chi connectivity index (χ1n) is 16.2. The molecule has 10 nitrogen and oxygen atoms in total. The molecule has 1 amide bonds. The molecule has 1 spiro atoms. The van der Waals surface area contributed by atoms with Gasteiger partial charge >= 0.3 is 5.97 Å². The summed E-state index contributed by atoms with van der Waals surface area (Å²) in [5.41, 5.74) is 2.70. The van der Waals surface area contributed by atoms with Gasteiger partial charge < -0.3 is 38.8 Å². The monoisotopic (exact) mass is 697 g/mol. The number of anilines is 2. The van der Waals surface area contributed by atoms with Gasteiger partial charge in [0.15, 0.2) is 6.73 Å². The first-order chi connectivity index (χ1) is 23.2. The Bertz CT molecular complexity index is 1750. The number of carboxylic acids is 1. The molecule has 0 aliphatic carbocycles. The largest absolute Gasteiger partial charge is 0.478 e. The summed E-state index contributed by atoms with van der Waals surface area (Å²) < 4.78 is 39.5. The van der Waals surface area contributed by atoms with Crippen LogP contribution in [0.15, 0.2) is 42.5 Å². The zero-order valence-corrected chi connectivity index (χ0v) is 27.6. The van der Waals surface area contributed by atoms with Crippen molar-refractivity contribution < 1.29 is 38.0 Å². The lowest BCUT2D eigenvalue weighted by atomic mass is 9.96. The molecule has 48 heavy (non-hydrogen) atoms. The van der Waals surface area contributed by atoms with E-state index in [1.54, 1.807) is 30.3 Å². The van der Waals surface area contributed by atoms with Gasteiger partial charge in [-0.2, -0.15) is 0 Å². The fourth-order valence-electron chi connectivity index (χ4n) is 7.56. The molecule has 5 aliphatic rings. The fourth-order valence-corrected chi connectivity index (χ4v) is 8.20. The highest BCUT2D eigenvalue weighted by Gasteiger charge is 2.47. The van der Waals surface area contributed by atoms with Crippen LogP contribution in [0.1, 0.15) is 52.0 Å². The number of amides is 1. The maximum absolute atomic E-state index is 15.7. The van der Waals surface area contributed by atoms with Crippen LogP contribution in [-0.4, -0.2) is 86.0 Å². The summed E-state index contributed by atoms with van der Waals surface area (Å²) in [5, 5.41) is 10.4. The summed E-state index contributed by atoms with van der Waals surface area (Å²) in [6, 6.07) is 11.5. The highest BCUT2D eigenvalue weighted by molar-refractivity contribution is 6.40. The summed E-state index contributed by atoms with van der Waals surface area (Å²) in [6.45, 7) is 3.46. The molecule has 2 unspecified atom stereocenters. The molecule has 8 rings (SSSR count). The zero-order valence-electron chi connectivity index (χ0n) is 26.1. The van der Waals surface area contributed by atoms with Crippen LogP contribution in [0.3, 0.4) is 0 Å². The van der Waals surface area contributed by atoms with Gasteiger partial charge in [0.2, 0.25) is 5.79 Å². The SMILES string of the molecule is O=C(O)c1cc(F)c(-c2cccc3c2OCN(C(=O)c2c(Cl)cc(N4CC5(C4)OCCCCO5)cc2Cl)C3)cc1N1C2CCC1COC2. The second-order valence-electron chi connectivity index (χ2n) is 13.0. The molecule has 5 heterocycles. The Labute approximate surface area is 286 Å². The van der Waals surface area contributed by atoms with Gasteiger partial charge in [-0.3, -0.25) is 4.79 Å². The van der Waals surface area contributed by atoms with Crippen molar-refractivity contribution in [1.82, 2.24) is 4.90 Å². The number of ether oxygens (including phenoxy) is 4. The average molecular weight is 699 g/mol. The molecular formula is C35H34Cl2FN3O7. The number of carbonyl (C=O) groups excluding carboxylic acids is 1. The summed E-state index contributed by atoms with van der Waals surface area (Å²) in [5.74, 6) is -2.45. The van der Waals surface area contributed by atoms with Crippen molar-refractivity contribution in [3.8, 4) is 16.9 Å². The number of carboxylic acid groups (broad SMARTS) is 1. The Hall–Kier alpha value is -3.61. The molecule has 0 aromatic heterocycles. The van der Waals surface area contributed by atoms with Crippen LogP contribution in [0.25, 0.3) is 11.1 Å². The van der Waals surface area contributed by atoms with Crippen molar-refractivity contribution in [1.29, 1.82) is 0 Å². The zero-order chi connectivity index (χ0) is 33.2. The lowest BCUT2D eigenvalue weighted by Crippen LogP contribution is -2.64. The molecule has 252 valence electrons. The molecule has 13 heteroatoms. The normalized spacial score (nSPS) is 22.9. The van der Waals surface area contributed by atoms with Crippen molar-refractivity contribution in [2.75, 3.05) is 56.0 Å². The van der Waals surface area contributed by atoms with E-state index in [1.807, 2.05) is 6.07 Å². The number of morpholine rings is 1. The number of fused-ring (bicyclic) bond motifs is 3. The summed E-state index contributed by atoms with van der Waals surface area (Å²) in [6.07, 6.45) is 3.69. The average Bonchev–Trinajstić information content (AvgIpc) is 3.21. The van der Waals surface area contributed by atoms with E-state index in [2.05, 4.69) is 9.80 Å². The van der Waals surface area contributed by atoms with Crippen LogP contribution in [0.4, 0.5) is 15.8 Å². The van der Waals surface area contributed by atoms with Gasteiger partial charge in [-0.05, 0) is 49.9 Å². The molecular weight excluding hydrogens is 664 g/mol. The van der Waals surface area contributed by atoms with Crippen molar-refractivity contribution in [3.05, 3.63) is 75.0 Å². The van der Waals surface area contributed by atoms with E-state index in [0.717, 1.165) is 37.4 Å². The smallest absolute Gasteiger partial charge is 0.337 e. The molecule has 0 saturated carbocycles. The lowest BCUT2D eigenvalue weighted by molar-refractivity contribution is -0.237. The first kappa shape index (κ1) is 31.6. The summed E-state index contributed by atoms with van der Waals surface area (Å²) in [7, 11) is 0. The van der Waals surface area contributed by atoms with Crippen LogP contribution in [0.5, 0.6) is 5.75 Å². The third-order valence-electron chi connectivity index (χ3n) is 9.97. The molecule has 4 fully saturated rings. The molecule has 3 aromatic rings. The highest BCUT2D eigenvalue weighted by atomic mass is 35.5. The third-order valence-corrected chi connectivity index (χ3v) is 10.6. The summed E-state index contributed by atoms with van der Waals surface area (Å²) in [4.78, 5) is 31.6. The number of halogens is 3. The number of carbonyl (C=O) groups is 2. The summed E-state index contributed by atoms with van der Waals surface area (Å²) >= 11 is 13.4. The highest BCUT2D eigenvalue weighted by Crippen LogP contribution is 2.44. The molecule has 3 aromatic carbocycles. The van der Waals surface area contributed by atoms with Crippen LogP contribution in [0, 0.1) is 5.82 Å². The van der Waals surface area contributed by atoms with Crippen LogP contribution >= 0.6 is 23.2 Å². The molecule has 4 saturated heterocycles. The van der Waals surface area contributed by atoms with E-state index in [9.17, 15) is 14.7 Å². The maximum Gasteiger partial charge on any atom is 0.337 e. The van der Waals surface area contributed by atoms with Gasteiger partial charge in [0.25, 0.3) is 5.91 Å². The van der Waals surface area contributed by atoms with Gasteiger partial charge in [0, 0.05) is 22.4 Å². The van der Waals surface area contributed by atoms with E-state index >= 15 is 4.39 Å². The number of aromatic carboxylic acids is 1. The Morgan fingerprint density at radius 2 is 1.62 bits per heavy atom. The van der Waals surface area contributed by atoms with Crippen LogP contribution in [-0.2, 0) is 20.8 Å². The number of benzene rings is 3. The standard InChI is InChI=1S/C35H34Cl2FN3O7/c36-27-10-23(40-17-35(18-40)47-8-1-2-9-48-35)11-28(37)31(27)33(42)39-14-20-4-3-5-24(32(20)46-19-39)25-13-30(26(34(43)44)12-29(25)38)41-21-6-7-22(41)16-45-15-21/h3-5,10-13,21-22H,1-2,6-9,14-19H2,(H,43,44). The van der Waals surface area contributed by atoms with Gasteiger partial charge in [-0.1, -0.05) is 41.4 Å². The Kier molecular flexibility index (Phi) is 8.16. The van der Waals surface area contributed by atoms with Gasteiger partial charge in [0.1, 0.15) is 11.6 Å². The Morgan fingerprint density at radius 3 is 2.29 bits per heavy atom. The molecule has 0 radical (unpaired) electrons. The molecule has 5 aliphatic heterocycles. The quantitative estimate of drug-likeness (QED) is 0.334. The maximum atomic E-state index is 15.7. The van der Waals surface area contributed by atoms with Crippen molar-refractivity contribution >= 4 is 46.5 Å².